The highest BCUT2D eigenvalue weighted by Gasteiger charge is 2.19. The molecular formula is C15H20BrN. The number of hydrogen-bond acceptors (Lipinski definition) is 1. The van der Waals surface area contributed by atoms with E-state index in [0.29, 0.717) is 0 Å². The molecule has 1 nitrogen and oxygen atoms in total. The minimum absolute atomic E-state index is 0.0976. The quantitative estimate of drug-likeness (QED) is 0.552. The first-order valence-electron chi connectivity index (χ1n) is 6.40. The van der Waals surface area contributed by atoms with E-state index in [9.17, 15) is 0 Å². The second-order valence-electron chi connectivity index (χ2n) is 5.45. The summed E-state index contributed by atoms with van der Waals surface area (Å²) in [6.45, 7) is 4.55. The highest BCUT2D eigenvalue weighted by molar-refractivity contribution is 9.10. The molecule has 1 fully saturated rings. The smallest absolute Gasteiger partial charge is 0.106 e. The van der Waals surface area contributed by atoms with E-state index in [-0.39, 0.29) is 5.41 Å². The summed E-state index contributed by atoms with van der Waals surface area (Å²) in [4.78, 5) is 4.33. The summed E-state index contributed by atoms with van der Waals surface area (Å²) in [5.41, 5.74) is 3.02. The molecule has 0 spiro atoms. The first kappa shape index (κ1) is 12.8. The van der Waals surface area contributed by atoms with E-state index >= 15 is 0 Å². The molecule has 1 aliphatic carbocycles. The fourth-order valence-corrected chi connectivity index (χ4v) is 2.74. The van der Waals surface area contributed by atoms with Crippen LogP contribution in [-0.4, -0.2) is 4.98 Å². The van der Waals surface area contributed by atoms with Gasteiger partial charge in [0.05, 0.1) is 0 Å². The summed E-state index contributed by atoms with van der Waals surface area (Å²) in [5.74, 6) is 0. The van der Waals surface area contributed by atoms with Gasteiger partial charge in [0.2, 0.25) is 0 Å². The molecule has 1 aliphatic rings. The largest absolute Gasteiger partial charge is 0.249 e. The van der Waals surface area contributed by atoms with Crippen LogP contribution >= 0.6 is 15.9 Å². The van der Waals surface area contributed by atoms with E-state index in [2.05, 4.69) is 46.9 Å². The normalized spacial score (nSPS) is 17.0. The van der Waals surface area contributed by atoms with Crippen LogP contribution in [0.2, 0.25) is 0 Å². The number of hydrogen-bond donors (Lipinski definition) is 0. The van der Waals surface area contributed by atoms with Crippen LogP contribution in [-0.2, 0) is 5.41 Å². The third-order valence-corrected chi connectivity index (χ3v) is 4.00. The van der Waals surface area contributed by atoms with Gasteiger partial charge in [0.1, 0.15) is 4.60 Å². The maximum atomic E-state index is 4.33. The van der Waals surface area contributed by atoms with Gasteiger partial charge in [-0.25, -0.2) is 4.98 Å². The molecule has 0 atom stereocenters. The lowest BCUT2D eigenvalue weighted by molar-refractivity contribution is 0.576. The lowest BCUT2D eigenvalue weighted by Crippen LogP contribution is -2.15. The Morgan fingerprint density at radius 3 is 2.47 bits per heavy atom. The maximum absolute atomic E-state index is 4.33. The zero-order valence-electron chi connectivity index (χ0n) is 10.7. The van der Waals surface area contributed by atoms with Gasteiger partial charge >= 0.3 is 0 Å². The molecule has 1 saturated carbocycles. The predicted octanol–water partition coefficient (Wildman–Crippen LogP) is 5.01. The van der Waals surface area contributed by atoms with Gasteiger partial charge in [-0.3, -0.25) is 0 Å². The van der Waals surface area contributed by atoms with Crippen molar-refractivity contribution in [3.8, 4) is 0 Å². The Balaban J connectivity index is 2.19. The van der Waals surface area contributed by atoms with Gasteiger partial charge in [0.25, 0.3) is 0 Å². The van der Waals surface area contributed by atoms with E-state index in [1.54, 1.807) is 5.57 Å². The predicted molar refractivity (Wildman–Crippen MR) is 76.1 cm³/mol. The van der Waals surface area contributed by atoms with Crippen LogP contribution in [0, 0.1) is 0 Å². The summed E-state index contributed by atoms with van der Waals surface area (Å²) in [5, 5.41) is 0. The number of aromatic nitrogens is 1. The van der Waals surface area contributed by atoms with Crippen molar-refractivity contribution in [3.05, 3.63) is 40.1 Å². The van der Waals surface area contributed by atoms with Crippen molar-refractivity contribution in [2.45, 2.75) is 51.4 Å². The Hall–Kier alpha value is -0.630. The van der Waals surface area contributed by atoms with E-state index in [4.69, 9.17) is 0 Å². The van der Waals surface area contributed by atoms with E-state index in [0.717, 1.165) is 4.60 Å². The molecule has 2 rings (SSSR count). The number of nitrogens with zero attached hydrogens (tertiary/aromatic N) is 1. The van der Waals surface area contributed by atoms with Gasteiger partial charge in [-0.15, -0.1) is 0 Å². The van der Waals surface area contributed by atoms with Crippen LogP contribution in [0.5, 0.6) is 0 Å². The fourth-order valence-electron chi connectivity index (χ4n) is 2.50. The first-order chi connectivity index (χ1) is 8.08. The Bertz CT molecular complexity index is 395. The molecule has 0 amide bonds. The fraction of sp³-hybridized carbons (Fsp3) is 0.533. The summed E-state index contributed by atoms with van der Waals surface area (Å²) >= 11 is 3.38. The maximum Gasteiger partial charge on any atom is 0.106 e. The molecule has 1 heterocycles. The van der Waals surface area contributed by atoms with Gasteiger partial charge in [0, 0.05) is 11.6 Å². The highest BCUT2D eigenvalue weighted by Crippen LogP contribution is 2.31. The molecular weight excluding hydrogens is 274 g/mol. The molecule has 0 saturated heterocycles. The molecule has 0 aliphatic heterocycles. The van der Waals surface area contributed by atoms with Gasteiger partial charge in [-0.05, 0) is 53.2 Å². The third-order valence-electron chi connectivity index (χ3n) is 3.53. The monoisotopic (exact) mass is 293 g/mol. The van der Waals surface area contributed by atoms with E-state index < -0.39 is 0 Å². The molecule has 0 N–H and O–H groups in total. The molecule has 1 aromatic rings. The summed E-state index contributed by atoms with van der Waals surface area (Å²) in [6, 6.07) is 4.19. The van der Waals surface area contributed by atoms with Crippen LogP contribution in [0.3, 0.4) is 0 Å². The second-order valence-corrected chi connectivity index (χ2v) is 6.27. The Morgan fingerprint density at radius 1 is 1.18 bits per heavy atom. The topological polar surface area (TPSA) is 12.9 Å². The highest BCUT2D eigenvalue weighted by atomic mass is 79.9. The Morgan fingerprint density at radius 2 is 1.88 bits per heavy atom. The van der Waals surface area contributed by atoms with Crippen LogP contribution in [0.4, 0.5) is 0 Å². The standard InChI is InChI=1S/C15H20BrN/c1-15(2,10-12-6-4-3-5-7-12)13-8-9-14(16)17-11-13/h8-11H,3-7H2,1-2H3. The summed E-state index contributed by atoms with van der Waals surface area (Å²) in [7, 11) is 0. The van der Waals surface area contributed by atoms with Crippen molar-refractivity contribution in [2.24, 2.45) is 0 Å². The lowest BCUT2D eigenvalue weighted by atomic mass is 9.81. The number of halogens is 1. The molecule has 0 unspecified atom stereocenters. The number of rotatable bonds is 2. The molecule has 0 aromatic carbocycles. The van der Waals surface area contributed by atoms with Gasteiger partial charge in [-0.2, -0.15) is 0 Å². The average Bonchev–Trinajstić information content (AvgIpc) is 2.30. The zero-order valence-corrected chi connectivity index (χ0v) is 12.3. The minimum atomic E-state index is 0.0976. The van der Waals surface area contributed by atoms with Gasteiger partial charge in [0.15, 0.2) is 0 Å². The van der Waals surface area contributed by atoms with Crippen LogP contribution < -0.4 is 0 Å². The third kappa shape index (κ3) is 3.41. The molecule has 17 heavy (non-hydrogen) atoms. The average molecular weight is 294 g/mol. The van der Waals surface area contributed by atoms with E-state index in [1.807, 2.05) is 12.3 Å². The first-order valence-corrected chi connectivity index (χ1v) is 7.20. The number of pyridine rings is 1. The molecule has 0 bridgehead atoms. The van der Waals surface area contributed by atoms with Crippen LogP contribution in [0.1, 0.15) is 51.5 Å². The molecule has 92 valence electrons. The van der Waals surface area contributed by atoms with Crippen molar-refractivity contribution < 1.29 is 0 Å². The minimum Gasteiger partial charge on any atom is -0.249 e. The van der Waals surface area contributed by atoms with Crippen molar-refractivity contribution in [1.29, 1.82) is 0 Å². The van der Waals surface area contributed by atoms with Crippen molar-refractivity contribution >= 4 is 15.9 Å². The van der Waals surface area contributed by atoms with Crippen LogP contribution in [0.25, 0.3) is 0 Å². The van der Waals surface area contributed by atoms with Crippen LogP contribution in [0.15, 0.2) is 34.6 Å². The summed E-state index contributed by atoms with van der Waals surface area (Å²) in [6.07, 6.45) is 11.1. The van der Waals surface area contributed by atoms with Crippen molar-refractivity contribution in [3.63, 3.8) is 0 Å². The molecule has 2 heteroatoms. The van der Waals surface area contributed by atoms with Gasteiger partial charge < -0.3 is 0 Å². The van der Waals surface area contributed by atoms with Crippen molar-refractivity contribution in [1.82, 2.24) is 4.98 Å². The van der Waals surface area contributed by atoms with Crippen molar-refractivity contribution in [2.75, 3.05) is 0 Å². The molecule has 1 aromatic heterocycles. The lowest BCUT2D eigenvalue weighted by Gasteiger charge is -2.24. The molecule has 0 radical (unpaired) electrons. The zero-order chi connectivity index (χ0) is 12.3. The SMILES string of the molecule is CC(C)(C=C1CCCCC1)c1ccc(Br)nc1. The Labute approximate surface area is 112 Å². The summed E-state index contributed by atoms with van der Waals surface area (Å²) < 4.78 is 0.905. The Kier molecular flexibility index (Phi) is 4.03. The van der Waals surface area contributed by atoms with E-state index in [1.165, 1.54) is 37.7 Å². The second kappa shape index (κ2) is 5.34. The van der Waals surface area contributed by atoms with Gasteiger partial charge in [-0.1, -0.05) is 38.0 Å². The number of allylic oxidation sites excluding steroid dienone is 2.